The summed E-state index contributed by atoms with van der Waals surface area (Å²) in [6, 6.07) is 1.55. The first-order chi connectivity index (χ1) is 10.3. The number of carboxylic acid groups (broad SMARTS) is 1. The first-order valence-corrected chi connectivity index (χ1v) is 6.06. The summed E-state index contributed by atoms with van der Waals surface area (Å²) < 4.78 is 13.5. The summed E-state index contributed by atoms with van der Waals surface area (Å²) in [6.45, 7) is -0.637. The molecule has 0 radical (unpaired) electrons. The summed E-state index contributed by atoms with van der Waals surface area (Å²) in [5, 5.41) is 29.5. The number of aliphatic hydroxyl groups excluding tert-OH is 1. The number of carboxylic acids is 1. The molecule has 0 saturated heterocycles. The molecule has 1 aliphatic rings. The Balaban J connectivity index is 2.32. The van der Waals surface area contributed by atoms with Crippen molar-refractivity contribution >= 4 is 23.5 Å². The number of hydrogen-bond donors (Lipinski definition) is 4. The first kappa shape index (κ1) is 15.4. The smallest absolute Gasteiger partial charge is 0.335 e. The zero-order valence-electron chi connectivity index (χ0n) is 11.0. The van der Waals surface area contributed by atoms with E-state index in [4.69, 9.17) is 10.2 Å². The number of nitrogens with one attached hydrogen (secondary N) is 1. The van der Waals surface area contributed by atoms with Crippen LogP contribution in [0.3, 0.4) is 0 Å². The van der Waals surface area contributed by atoms with Crippen molar-refractivity contribution in [3.63, 3.8) is 0 Å². The molecule has 0 spiro atoms. The molecule has 9 heteroatoms. The van der Waals surface area contributed by atoms with Gasteiger partial charge >= 0.3 is 5.97 Å². The highest BCUT2D eigenvalue weighted by atomic mass is 19.1. The van der Waals surface area contributed by atoms with Crippen LogP contribution in [0.4, 0.5) is 10.1 Å². The third kappa shape index (κ3) is 2.74. The van der Waals surface area contributed by atoms with E-state index in [2.05, 4.69) is 5.32 Å². The van der Waals surface area contributed by atoms with Crippen molar-refractivity contribution in [3.8, 4) is 5.75 Å². The molecule has 1 aromatic rings. The largest absolute Gasteiger partial charge is 0.503 e. The summed E-state index contributed by atoms with van der Waals surface area (Å²) in [5.74, 6) is -4.96. The summed E-state index contributed by atoms with van der Waals surface area (Å²) in [5.41, 5.74) is -1.08. The van der Waals surface area contributed by atoms with Crippen LogP contribution in [0, 0.1) is 5.82 Å². The van der Waals surface area contributed by atoms with Gasteiger partial charge in [-0.3, -0.25) is 14.5 Å². The Labute approximate surface area is 123 Å². The number of halogens is 1. The van der Waals surface area contributed by atoms with Gasteiger partial charge in [-0.15, -0.1) is 0 Å². The zero-order valence-corrected chi connectivity index (χ0v) is 11.0. The lowest BCUT2D eigenvalue weighted by Gasteiger charge is -2.14. The van der Waals surface area contributed by atoms with Crippen LogP contribution in [0.2, 0.25) is 0 Å². The number of rotatable bonds is 5. The quantitative estimate of drug-likeness (QED) is 0.441. The number of anilines is 1. The number of hydrogen-bond acceptors (Lipinski definition) is 6. The van der Waals surface area contributed by atoms with Gasteiger partial charge in [-0.05, 0) is 12.1 Å². The fourth-order valence-electron chi connectivity index (χ4n) is 1.87. The molecule has 4 N–H and O–H groups in total. The summed E-state index contributed by atoms with van der Waals surface area (Å²) in [4.78, 5) is 35.1. The van der Waals surface area contributed by atoms with Crippen LogP contribution in [0.25, 0.3) is 0 Å². The number of phenolic OH excluding ortho intramolecular Hbond substituents is 1. The highest BCUT2D eigenvalue weighted by Crippen LogP contribution is 2.30. The maximum absolute atomic E-state index is 13.5. The third-order valence-electron chi connectivity index (χ3n) is 2.91. The van der Waals surface area contributed by atoms with Gasteiger partial charge in [0.15, 0.2) is 11.6 Å². The van der Waals surface area contributed by atoms with Crippen LogP contribution >= 0.6 is 0 Å². The molecule has 0 aliphatic carbocycles. The lowest BCUT2D eigenvalue weighted by Crippen LogP contribution is -2.34. The Hall–Kier alpha value is -2.94. The van der Waals surface area contributed by atoms with Crippen LogP contribution in [-0.2, 0) is 9.59 Å². The second kappa shape index (κ2) is 5.82. The molecule has 116 valence electrons. The fraction of sp³-hybridized carbons (Fsp3) is 0.154. The molecule has 1 aromatic carbocycles. The monoisotopic (exact) mass is 310 g/mol. The van der Waals surface area contributed by atoms with E-state index >= 15 is 0 Å². The highest BCUT2D eigenvalue weighted by molar-refractivity contribution is 6.17. The van der Waals surface area contributed by atoms with Gasteiger partial charge in [-0.1, -0.05) is 0 Å². The number of carbonyl (C=O) groups excluding carboxylic acids is 2. The Morgan fingerprint density at radius 2 is 2.00 bits per heavy atom. The highest BCUT2D eigenvalue weighted by Gasteiger charge is 2.31. The van der Waals surface area contributed by atoms with Crippen LogP contribution in [0.1, 0.15) is 10.4 Å². The second-order valence-corrected chi connectivity index (χ2v) is 4.36. The van der Waals surface area contributed by atoms with Crippen molar-refractivity contribution in [3.05, 3.63) is 35.3 Å². The van der Waals surface area contributed by atoms with E-state index in [0.717, 1.165) is 17.0 Å². The van der Waals surface area contributed by atoms with Gasteiger partial charge < -0.3 is 20.6 Å². The molecule has 1 aliphatic heterocycles. The number of carbonyl (C=O) groups is 3. The number of imide groups is 1. The molecule has 0 saturated carbocycles. The summed E-state index contributed by atoms with van der Waals surface area (Å²) >= 11 is 0. The topological polar surface area (TPSA) is 127 Å². The van der Waals surface area contributed by atoms with Gasteiger partial charge in [-0.2, -0.15) is 0 Å². The van der Waals surface area contributed by atoms with E-state index in [-0.39, 0.29) is 17.9 Å². The van der Waals surface area contributed by atoms with Gasteiger partial charge in [0.05, 0.1) is 24.4 Å². The predicted octanol–water partition coefficient (Wildman–Crippen LogP) is -0.114. The van der Waals surface area contributed by atoms with Crippen LogP contribution in [0.5, 0.6) is 5.75 Å². The van der Waals surface area contributed by atoms with Gasteiger partial charge in [0.2, 0.25) is 0 Å². The lowest BCUT2D eigenvalue weighted by molar-refractivity contribution is -0.137. The molecule has 0 unspecified atom stereocenters. The van der Waals surface area contributed by atoms with E-state index in [0.29, 0.717) is 6.07 Å². The van der Waals surface area contributed by atoms with Gasteiger partial charge in [0.1, 0.15) is 5.70 Å². The molecule has 2 amide bonds. The Morgan fingerprint density at radius 3 is 2.59 bits per heavy atom. The van der Waals surface area contributed by atoms with Crippen molar-refractivity contribution in [1.82, 2.24) is 4.90 Å². The predicted molar refractivity (Wildman–Crippen MR) is 70.5 cm³/mol. The average molecular weight is 310 g/mol. The molecule has 1 heterocycles. The van der Waals surface area contributed by atoms with Crippen molar-refractivity contribution in [2.45, 2.75) is 0 Å². The third-order valence-corrected chi connectivity index (χ3v) is 2.91. The van der Waals surface area contributed by atoms with Crippen molar-refractivity contribution in [2.75, 3.05) is 18.5 Å². The number of nitrogens with zero attached hydrogens (tertiary/aromatic N) is 1. The van der Waals surface area contributed by atoms with Gasteiger partial charge in [-0.25, -0.2) is 9.18 Å². The number of aromatic carboxylic acids is 1. The first-order valence-electron chi connectivity index (χ1n) is 6.06. The fourth-order valence-corrected chi connectivity index (χ4v) is 1.87. The van der Waals surface area contributed by atoms with Crippen LogP contribution in [-0.4, -0.2) is 51.2 Å². The van der Waals surface area contributed by atoms with Gasteiger partial charge in [0.25, 0.3) is 11.8 Å². The number of amides is 2. The number of aromatic hydroxyl groups is 1. The van der Waals surface area contributed by atoms with E-state index in [1.54, 1.807) is 0 Å². The molecule has 2 rings (SSSR count). The Bertz CT molecular complexity index is 700. The molecule has 0 fully saturated rings. The molecular formula is C13H11FN2O6. The lowest BCUT2D eigenvalue weighted by atomic mass is 10.1. The van der Waals surface area contributed by atoms with Crippen molar-refractivity contribution in [1.29, 1.82) is 0 Å². The Kier molecular flexibility index (Phi) is 4.08. The summed E-state index contributed by atoms with van der Waals surface area (Å²) in [6.07, 6.45) is 0.906. The second-order valence-electron chi connectivity index (χ2n) is 4.36. The minimum Gasteiger partial charge on any atom is -0.503 e. The SMILES string of the molecule is O=C(O)c1cc(F)c(O)c(NC2=CC(=O)N(CCO)C2=O)c1. The van der Waals surface area contributed by atoms with Crippen molar-refractivity contribution < 1.29 is 34.1 Å². The maximum atomic E-state index is 13.5. The molecular weight excluding hydrogens is 299 g/mol. The number of benzene rings is 1. The van der Waals surface area contributed by atoms with Gasteiger partial charge in [0, 0.05) is 6.08 Å². The van der Waals surface area contributed by atoms with E-state index in [1.165, 1.54) is 0 Å². The van der Waals surface area contributed by atoms with Crippen LogP contribution in [0.15, 0.2) is 23.9 Å². The standard InChI is InChI=1S/C13H11FN2O6/c14-7-3-6(13(21)22)4-8(11(7)19)15-9-5-10(18)16(1-2-17)12(9)20/h3-5,15,17,19H,1-2H2,(H,21,22). The number of phenols is 1. The molecule has 22 heavy (non-hydrogen) atoms. The van der Waals surface area contributed by atoms with E-state index in [9.17, 15) is 23.9 Å². The normalized spacial score (nSPS) is 14.3. The Morgan fingerprint density at radius 1 is 1.32 bits per heavy atom. The zero-order chi connectivity index (χ0) is 16.4. The molecule has 0 atom stereocenters. The molecule has 0 aromatic heterocycles. The minimum atomic E-state index is -1.42. The maximum Gasteiger partial charge on any atom is 0.335 e. The summed E-state index contributed by atoms with van der Waals surface area (Å²) in [7, 11) is 0. The van der Waals surface area contributed by atoms with E-state index in [1.807, 2.05) is 0 Å². The van der Waals surface area contributed by atoms with Crippen molar-refractivity contribution in [2.24, 2.45) is 0 Å². The van der Waals surface area contributed by atoms with E-state index < -0.39 is 41.5 Å². The van der Waals surface area contributed by atoms with Crippen LogP contribution < -0.4 is 5.32 Å². The molecule has 8 nitrogen and oxygen atoms in total. The minimum absolute atomic E-state index is 0.213. The average Bonchev–Trinajstić information content (AvgIpc) is 2.71. The number of β-amino-alcohol motifs (C(OH)–C–C–N with tert-alkyl or cyclic N) is 1. The molecule has 0 bridgehead atoms. The number of aliphatic hydroxyl groups is 1.